The molecule has 1 aliphatic rings. The van der Waals surface area contributed by atoms with Gasteiger partial charge in [-0.15, -0.1) is 0 Å². The maximum Gasteiger partial charge on any atom is 0.0975 e. The van der Waals surface area contributed by atoms with Crippen molar-refractivity contribution < 1.29 is 9.59 Å². The van der Waals surface area contributed by atoms with E-state index < -0.39 is 0 Å². The predicted octanol–water partition coefficient (Wildman–Crippen LogP) is 1.96. The molecule has 0 bridgehead atoms. The molecule has 0 aromatic rings. The molecule has 1 aliphatic heterocycles. The van der Waals surface area contributed by atoms with E-state index in [0.717, 1.165) is 30.5 Å². The Morgan fingerprint density at radius 2 is 1.80 bits per heavy atom. The minimum absolute atomic E-state index is 0.138. The first kappa shape index (κ1) is 12.5. The Hall–Kier alpha value is -0.600. The van der Waals surface area contributed by atoms with Gasteiger partial charge in [0.2, 0.25) is 0 Å². The van der Waals surface area contributed by atoms with E-state index in [-0.39, 0.29) is 6.10 Å². The van der Waals surface area contributed by atoms with E-state index in [1.807, 2.05) is 12.2 Å². The van der Waals surface area contributed by atoms with Gasteiger partial charge in [0.15, 0.2) is 0 Å². The molecule has 3 atom stereocenters. The second-order valence-electron chi connectivity index (χ2n) is 4.97. The minimum atomic E-state index is -0.138. The second kappa shape index (κ2) is 4.95. The number of rotatable bonds is 4. The van der Waals surface area contributed by atoms with E-state index in [9.17, 15) is 5.11 Å². The number of hydrogen-bond acceptors (Lipinski definition) is 1. The summed E-state index contributed by atoms with van der Waals surface area (Å²) in [5.74, 6) is 0.376. The molecule has 1 heterocycles. The molecular formula is C13H24NO+. The van der Waals surface area contributed by atoms with Crippen LogP contribution in [0, 0.1) is 5.92 Å². The van der Waals surface area contributed by atoms with Crippen LogP contribution in [0.3, 0.4) is 0 Å². The molecule has 0 spiro atoms. The van der Waals surface area contributed by atoms with Crippen LogP contribution in [0.15, 0.2) is 25.3 Å². The Labute approximate surface area is 93.5 Å². The summed E-state index contributed by atoms with van der Waals surface area (Å²) in [4.78, 5) is 0. The molecule has 1 saturated heterocycles. The van der Waals surface area contributed by atoms with E-state index in [4.69, 9.17) is 0 Å². The number of quaternary nitrogens is 1. The summed E-state index contributed by atoms with van der Waals surface area (Å²) in [7, 11) is 0. The highest BCUT2D eigenvalue weighted by Gasteiger charge is 2.41. The maximum atomic E-state index is 9.86. The van der Waals surface area contributed by atoms with Gasteiger partial charge >= 0.3 is 0 Å². The van der Waals surface area contributed by atoms with E-state index in [1.54, 1.807) is 0 Å². The monoisotopic (exact) mass is 210 g/mol. The zero-order valence-electron chi connectivity index (χ0n) is 10.0. The van der Waals surface area contributed by atoms with Gasteiger partial charge in [-0.25, -0.2) is 0 Å². The van der Waals surface area contributed by atoms with Gasteiger partial charge in [0.1, 0.15) is 0 Å². The summed E-state index contributed by atoms with van der Waals surface area (Å²) in [6, 6.07) is 0.493. The largest absolute Gasteiger partial charge is 0.392 e. The van der Waals surface area contributed by atoms with Gasteiger partial charge in [-0.3, -0.25) is 0 Å². The lowest BCUT2D eigenvalue weighted by molar-refractivity contribution is -0.948. The summed E-state index contributed by atoms with van der Waals surface area (Å²) >= 11 is 0. The Kier molecular flexibility index (Phi) is 4.12. The van der Waals surface area contributed by atoms with Gasteiger partial charge in [-0.2, -0.15) is 0 Å². The highest BCUT2D eigenvalue weighted by molar-refractivity contribution is 4.81. The summed E-state index contributed by atoms with van der Waals surface area (Å²) < 4.78 is 1.01. The zero-order chi connectivity index (χ0) is 11.5. The number of hydrogen-bond donors (Lipinski definition) is 1. The average molecular weight is 210 g/mol. The highest BCUT2D eigenvalue weighted by Crippen LogP contribution is 2.29. The van der Waals surface area contributed by atoms with Crippen molar-refractivity contribution in [2.75, 3.05) is 19.6 Å². The van der Waals surface area contributed by atoms with Gasteiger partial charge in [0.25, 0.3) is 0 Å². The standard InChI is InChI=1S/C13H24NO/c1-5-7-14(8-6-2)10-11(3)13(15)9-12(14)4/h5-6,11-13,15H,1-2,7-10H2,3-4H3/q+1/t11-,12+,13+/m0/s1. The fourth-order valence-corrected chi connectivity index (χ4v) is 2.78. The Morgan fingerprint density at radius 3 is 2.27 bits per heavy atom. The van der Waals surface area contributed by atoms with Crippen molar-refractivity contribution in [1.29, 1.82) is 0 Å². The fourth-order valence-electron chi connectivity index (χ4n) is 2.78. The lowest BCUT2D eigenvalue weighted by Crippen LogP contribution is -2.62. The lowest BCUT2D eigenvalue weighted by Gasteiger charge is -2.49. The normalized spacial score (nSPS) is 34.7. The van der Waals surface area contributed by atoms with Crippen molar-refractivity contribution >= 4 is 0 Å². The van der Waals surface area contributed by atoms with E-state index >= 15 is 0 Å². The molecular weight excluding hydrogens is 186 g/mol. The molecule has 0 aromatic carbocycles. The predicted molar refractivity (Wildman–Crippen MR) is 64.5 cm³/mol. The smallest absolute Gasteiger partial charge is 0.0975 e. The van der Waals surface area contributed by atoms with Crippen LogP contribution in [0.5, 0.6) is 0 Å². The Morgan fingerprint density at radius 1 is 1.27 bits per heavy atom. The minimum Gasteiger partial charge on any atom is -0.392 e. The second-order valence-corrected chi connectivity index (χ2v) is 4.97. The van der Waals surface area contributed by atoms with Crippen LogP contribution < -0.4 is 0 Å². The SMILES string of the molecule is C=CC[N+]1(CC=C)C[C@H](C)[C@H](O)C[C@H]1C. The van der Waals surface area contributed by atoms with Crippen molar-refractivity contribution in [3.05, 3.63) is 25.3 Å². The maximum absolute atomic E-state index is 9.86. The van der Waals surface area contributed by atoms with Crippen molar-refractivity contribution in [1.82, 2.24) is 0 Å². The van der Waals surface area contributed by atoms with Crippen molar-refractivity contribution in [3.63, 3.8) is 0 Å². The van der Waals surface area contributed by atoms with E-state index in [2.05, 4.69) is 27.0 Å². The molecule has 0 unspecified atom stereocenters. The summed E-state index contributed by atoms with van der Waals surface area (Å²) in [6.45, 7) is 15.0. The topological polar surface area (TPSA) is 20.2 Å². The zero-order valence-corrected chi connectivity index (χ0v) is 10.0. The first-order valence-electron chi connectivity index (χ1n) is 5.81. The molecule has 15 heavy (non-hydrogen) atoms. The van der Waals surface area contributed by atoms with Crippen LogP contribution in [-0.2, 0) is 0 Å². The molecule has 2 nitrogen and oxygen atoms in total. The van der Waals surface area contributed by atoms with E-state index in [0.29, 0.717) is 12.0 Å². The van der Waals surface area contributed by atoms with Crippen LogP contribution in [0.25, 0.3) is 0 Å². The average Bonchev–Trinajstić information content (AvgIpc) is 2.16. The number of aliphatic hydroxyl groups is 1. The molecule has 1 fully saturated rings. The molecule has 0 radical (unpaired) electrons. The summed E-state index contributed by atoms with van der Waals surface area (Å²) in [5, 5.41) is 9.86. The van der Waals surface area contributed by atoms with Crippen molar-refractivity contribution in [2.24, 2.45) is 5.92 Å². The van der Waals surface area contributed by atoms with Gasteiger partial charge in [-0.05, 0) is 19.1 Å². The van der Waals surface area contributed by atoms with Crippen LogP contribution in [0.1, 0.15) is 20.3 Å². The fraction of sp³-hybridized carbons (Fsp3) is 0.692. The molecule has 0 aromatic heterocycles. The number of likely N-dealkylation sites (tertiary alicyclic amines) is 1. The molecule has 86 valence electrons. The van der Waals surface area contributed by atoms with Crippen LogP contribution in [0.2, 0.25) is 0 Å². The molecule has 1 rings (SSSR count). The van der Waals surface area contributed by atoms with Crippen LogP contribution in [-0.4, -0.2) is 41.4 Å². The van der Waals surface area contributed by atoms with Crippen molar-refractivity contribution in [2.45, 2.75) is 32.4 Å². The molecule has 0 saturated carbocycles. The third-order valence-electron chi connectivity index (χ3n) is 3.81. The van der Waals surface area contributed by atoms with Crippen molar-refractivity contribution in [3.8, 4) is 0 Å². The Bertz CT molecular complexity index is 227. The number of nitrogens with zero attached hydrogens (tertiary/aromatic N) is 1. The summed E-state index contributed by atoms with van der Waals surface area (Å²) in [6.07, 6.45) is 4.73. The first-order valence-corrected chi connectivity index (χ1v) is 5.81. The molecule has 0 aliphatic carbocycles. The van der Waals surface area contributed by atoms with E-state index in [1.165, 1.54) is 0 Å². The molecule has 2 heteroatoms. The number of piperidine rings is 1. The quantitative estimate of drug-likeness (QED) is 0.555. The third kappa shape index (κ3) is 2.50. The van der Waals surface area contributed by atoms with Gasteiger partial charge < -0.3 is 9.59 Å². The number of aliphatic hydroxyl groups excluding tert-OH is 1. The third-order valence-corrected chi connectivity index (χ3v) is 3.81. The van der Waals surface area contributed by atoms with Crippen LogP contribution >= 0.6 is 0 Å². The summed E-state index contributed by atoms with van der Waals surface area (Å²) in [5.41, 5.74) is 0. The van der Waals surface area contributed by atoms with Gasteiger partial charge in [0.05, 0.1) is 31.8 Å². The molecule has 1 N–H and O–H groups in total. The lowest BCUT2D eigenvalue weighted by atomic mass is 9.89. The van der Waals surface area contributed by atoms with Gasteiger partial charge in [0, 0.05) is 12.3 Å². The first-order chi connectivity index (χ1) is 7.05. The highest BCUT2D eigenvalue weighted by atomic mass is 16.3. The van der Waals surface area contributed by atoms with Crippen LogP contribution in [0.4, 0.5) is 0 Å². The Balaban J connectivity index is 2.84. The van der Waals surface area contributed by atoms with Gasteiger partial charge in [-0.1, -0.05) is 20.1 Å². The molecule has 0 amide bonds.